The third kappa shape index (κ3) is 4.11. The summed E-state index contributed by atoms with van der Waals surface area (Å²) in [6, 6.07) is 12.9. The molecular formula is C21H21NO5. The lowest BCUT2D eigenvalue weighted by molar-refractivity contribution is -0.120. The van der Waals surface area contributed by atoms with Crippen LogP contribution in [0.2, 0.25) is 0 Å². The molecule has 1 amide bonds. The SMILES string of the molecule is Cc1c(CC(=O)NCCCc2ccccc2)c(=O)oc2c(O)c(O)ccc12. The second-order valence-corrected chi connectivity index (χ2v) is 6.42. The molecule has 0 bridgehead atoms. The van der Waals surface area contributed by atoms with Gasteiger partial charge in [0.15, 0.2) is 11.3 Å². The highest BCUT2D eigenvalue weighted by Gasteiger charge is 2.18. The normalized spacial score (nSPS) is 10.9. The van der Waals surface area contributed by atoms with Gasteiger partial charge in [0.2, 0.25) is 11.7 Å². The summed E-state index contributed by atoms with van der Waals surface area (Å²) < 4.78 is 5.12. The fourth-order valence-corrected chi connectivity index (χ4v) is 3.02. The van der Waals surface area contributed by atoms with Crippen LogP contribution in [0.4, 0.5) is 0 Å². The maximum Gasteiger partial charge on any atom is 0.340 e. The third-order valence-corrected chi connectivity index (χ3v) is 4.55. The van der Waals surface area contributed by atoms with E-state index in [0.29, 0.717) is 17.5 Å². The van der Waals surface area contributed by atoms with E-state index >= 15 is 0 Å². The number of hydrogen-bond acceptors (Lipinski definition) is 5. The van der Waals surface area contributed by atoms with Crippen LogP contribution < -0.4 is 10.9 Å². The molecule has 0 aliphatic heterocycles. The number of carbonyl (C=O) groups excluding carboxylic acids is 1. The molecule has 0 aliphatic rings. The lowest BCUT2D eigenvalue weighted by Gasteiger charge is -2.10. The number of fused-ring (bicyclic) bond motifs is 1. The molecule has 0 unspecified atom stereocenters. The fourth-order valence-electron chi connectivity index (χ4n) is 3.02. The second-order valence-electron chi connectivity index (χ2n) is 6.42. The maximum absolute atomic E-state index is 12.2. The van der Waals surface area contributed by atoms with Crippen molar-refractivity contribution < 1.29 is 19.4 Å². The zero-order valence-corrected chi connectivity index (χ0v) is 15.0. The minimum atomic E-state index is -0.694. The number of aryl methyl sites for hydroxylation is 2. The molecule has 1 aromatic heterocycles. The van der Waals surface area contributed by atoms with Crippen LogP contribution in [0.1, 0.15) is 23.1 Å². The standard InChI is InChI=1S/C21H21NO5/c1-13-15-9-10-17(23)19(25)20(15)27-21(26)16(13)12-18(24)22-11-5-8-14-6-3-2-4-7-14/h2-4,6-7,9-10,23,25H,5,8,11-12H2,1H3,(H,22,24). The molecule has 0 fully saturated rings. The van der Waals surface area contributed by atoms with Crippen molar-refractivity contribution in [1.82, 2.24) is 5.32 Å². The molecule has 0 saturated heterocycles. The first-order valence-electron chi connectivity index (χ1n) is 8.75. The molecule has 3 N–H and O–H groups in total. The summed E-state index contributed by atoms with van der Waals surface area (Å²) in [7, 11) is 0. The smallest absolute Gasteiger partial charge is 0.340 e. The summed E-state index contributed by atoms with van der Waals surface area (Å²) in [6.07, 6.45) is 1.56. The molecule has 0 aliphatic carbocycles. The van der Waals surface area contributed by atoms with Gasteiger partial charge in [-0.15, -0.1) is 0 Å². The van der Waals surface area contributed by atoms with Crippen molar-refractivity contribution in [2.45, 2.75) is 26.2 Å². The van der Waals surface area contributed by atoms with E-state index in [1.165, 1.54) is 11.6 Å². The van der Waals surface area contributed by atoms with Crippen molar-refractivity contribution in [2.24, 2.45) is 0 Å². The van der Waals surface area contributed by atoms with Crippen LogP contribution in [0, 0.1) is 6.92 Å². The quantitative estimate of drug-likeness (QED) is 0.353. The number of phenols is 2. The van der Waals surface area contributed by atoms with E-state index in [0.717, 1.165) is 12.8 Å². The van der Waals surface area contributed by atoms with Crippen molar-refractivity contribution in [2.75, 3.05) is 6.54 Å². The zero-order chi connectivity index (χ0) is 19.4. The average Bonchev–Trinajstić information content (AvgIpc) is 2.66. The molecule has 0 spiro atoms. The van der Waals surface area contributed by atoms with E-state index in [9.17, 15) is 19.8 Å². The molecular weight excluding hydrogens is 346 g/mol. The van der Waals surface area contributed by atoms with Gasteiger partial charge in [-0.05, 0) is 43.0 Å². The van der Waals surface area contributed by atoms with Gasteiger partial charge >= 0.3 is 5.63 Å². The van der Waals surface area contributed by atoms with Crippen molar-refractivity contribution >= 4 is 16.9 Å². The zero-order valence-electron chi connectivity index (χ0n) is 15.0. The van der Waals surface area contributed by atoms with E-state index in [4.69, 9.17) is 4.42 Å². The van der Waals surface area contributed by atoms with Crippen LogP contribution in [0.3, 0.4) is 0 Å². The summed E-state index contributed by atoms with van der Waals surface area (Å²) in [5, 5.41) is 22.7. The first-order valence-corrected chi connectivity index (χ1v) is 8.75. The highest BCUT2D eigenvalue weighted by molar-refractivity contribution is 5.89. The second kappa shape index (κ2) is 7.95. The van der Waals surface area contributed by atoms with Gasteiger partial charge in [-0.2, -0.15) is 0 Å². The van der Waals surface area contributed by atoms with Gasteiger partial charge in [0, 0.05) is 11.9 Å². The molecule has 6 heteroatoms. The van der Waals surface area contributed by atoms with E-state index in [2.05, 4.69) is 5.32 Å². The van der Waals surface area contributed by atoms with Crippen LogP contribution in [0.15, 0.2) is 51.7 Å². The van der Waals surface area contributed by atoms with Crippen molar-refractivity contribution in [3.8, 4) is 11.5 Å². The Bertz CT molecular complexity index is 1020. The highest BCUT2D eigenvalue weighted by Crippen LogP contribution is 2.34. The number of hydrogen-bond donors (Lipinski definition) is 3. The predicted molar refractivity (Wildman–Crippen MR) is 102 cm³/mol. The fraction of sp³-hybridized carbons (Fsp3) is 0.238. The minimum Gasteiger partial charge on any atom is -0.504 e. The molecule has 2 aromatic carbocycles. The summed E-state index contributed by atoms with van der Waals surface area (Å²) in [5.74, 6) is -1.11. The van der Waals surface area contributed by atoms with Crippen LogP contribution in [0.5, 0.6) is 11.5 Å². The average molecular weight is 367 g/mol. The van der Waals surface area contributed by atoms with Crippen LogP contribution in [-0.2, 0) is 17.6 Å². The van der Waals surface area contributed by atoms with E-state index in [1.54, 1.807) is 13.0 Å². The number of nitrogens with one attached hydrogen (secondary N) is 1. The Hall–Kier alpha value is -3.28. The van der Waals surface area contributed by atoms with Gasteiger partial charge in [-0.3, -0.25) is 4.79 Å². The van der Waals surface area contributed by atoms with Gasteiger partial charge in [0.25, 0.3) is 0 Å². The Labute approximate surface area is 156 Å². The number of rotatable bonds is 6. The van der Waals surface area contributed by atoms with Crippen LogP contribution >= 0.6 is 0 Å². The Morgan fingerprint density at radius 2 is 1.85 bits per heavy atom. The van der Waals surface area contributed by atoms with Crippen molar-refractivity contribution in [3.63, 3.8) is 0 Å². The molecule has 27 heavy (non-hydrogen) atoms. The Kier molecular flexibility index (Phi) is 5.45. The summed E-state index contributed by atoms with van der Waals surface area (Å²) in [4.78, 5) is 24.4. The van der Waals surface area contributed by atoms with Crippen LogP contribution in [0.25, 0.3) is 11.0 Å². The summed E-state index contributed by atoms with van der Waals surface area (Å²) >= 11 is 0. The van der Waals surface area contributed by atoms with Gasteiger partial charge in [-0.1, -0.05) is 30.3 Å². The highest BCUT2D eigenvalue weighted by atomic mass is 16.4. The Morgan fingerprint density at radius 3 is 2.59 bits per heavy atom. The van der Waals surface area contributed by atoms with E-state index in [1.807, 2.05) is 30.3 Å². The molecule has 6 nitrogen and oxygen atoms in total. The summed E-state index contributed by atoms with van der Waals surface area (Å²) in [5.41, 5.74) is 1.23. The predicted octanol–water partition coefficient (Wildman–Crippen LogP) is 2.80. The van der Waals surface area contributed by atoms with Crippen molar-refractivity contribution in [3.05, 3.63) is 69.6 Å². The number of aromatic hydroxyl groups is 2. The van der Waals surface area contributed by atoms with Gasteiger partial charge in [0.05, 0.1) is 12.0 Å². The first-order chi connectivity index (χ1) is 13.0. The Morgan fingerprint density at radius 1 is 1.11 bits per heavy atom. The molecule has 0 atom stereocenters. The molecule has 0 saturated carbocycles. The van der Waals surface area contributed by atoms with E-state index in [-0.39, 0.29) is 29.2 Å². The van der Waals surface area contributed by atoms with Gasteiger partial charge < -0.3 is 19.9 Å². The molecule has 0 radical (unpaired) electrons. The molecule has 1 heterocycles. The first kappa shape index (κ1) is 18.5. The maximum atomic E-state index is 12.2. The van der Waals surface area contributed by atoms with E-state index < -0.39 is 11.4 Å². The number of amides is 1. The number of benzene rings is 2. The van der Waals surface area contributed by atoms with Gasteiger partial charge in [-0.25, -0.2) is 4.79 Å². The molecule has 3 rings (SSSR count). The largest absolute Gasteiger partial charge is 0.504 e. The molecule has 3 aromatic rings. The number of carbonyl (C=O) groups is 1. The Balaban J connectivity index is 1.66. The number of phenolic OH excluding ortho intramolecular Hbond substituents is 2. The lowest BCUT2D eigenvalue weighted by Crippen LogP contribution is -2.28. The minimum absolute atomic E-state index is 0.0791. The lowest BCUT2D eigenvalue weighted by atomic mass is 10.0. The third-order valence-electron chi connectivity index (χ3n) is 4.55. The summed E-state index contributed by atoms with van der Waals surface area (Å²) in [6.45, 7) is 2.20. The monoisotopic (exact) mass is 367 g/mol. The van der Waals surface area contributed by atoms with Crippen LogP contribution in [-0.4, -0.2) is 22.7 Å². The van der Waals surface area contributed by atoms with Crippen molar-refractivity contribution in [1.29, 1.82) is 0 Å². The topological polar surface area (TPSA) is 99.8 Å². The molecule has 140 valence electrons. The van der Waals surface area contributed by atoms with Gasteiger partial charge in [0.1, 0.15) is 0 Å².